The van der Waals surface area contributed by atoms with Crippen LogP contribution in [0.1, 0.15) is 29.3 Å². The van der Waals surface area contributed by atoms with Crippen LogP contribution >= 0.6 is 0 Å². The van der Waals surface area contributed by atoms with Gasteiger partial charge in [-0.05, 0) is 55.7 Å². The van der Waals surface area contributed by atoms with Gasteiger partial charge in [0.05, 0.1) is 6.54 Å². The summed E-state index contributed by atoms with van der Waals surface area (Å²) in [4.78, 5) is 25.6. The number of rotatable bonds is 4. The average molecular weight is 323 g/mol. The van der Waals surface area contributed by atoms with Crippen molar-refractivity contribution in [1.82, 2.24) is 0 Å². The molecule has 5 heteroatoms. The molecule has 1 aliphatic rings. The van der Waals surface area contributed by atoms with E-state index in [1.165, 1.54) is 5.56 Å². The Morgan fingerprint density at radius 2 is 1.88 bits per heavy atom. The highest BCUT2D eigenvalue weighted by molar-refractivity contribution is 5.96. The fourth-order valence-corrected chi connectivity index (χ4v) is 3.07. The molecular weight excluding hydrogens is 302 g/mol. The Hall–Kier alpha value is -2.82. The summed E-state index contributed by atoms with van der Waals surface area (Å²) >= 11 is 0. The van der Waals surface area contributed by atoms with Crippen LogP contribution in [0.15, 0.2) is 48.5 Å². The van der Waals surface area contributed by atoms with Crippen molar-refractivity contribution < 1.29 is 9.59 Å². The number of carbonyl (C=O) groups is 2. The molecule has 0 fully saturated rings. The molecule has 2 aromatic carbocycles. The van der Waals surface area contributed by atoms with E-state index < -0.39 is 5.91 Å². The third kappa shape index (κ3) is 3.40. The summed E-state index contributed by atoms with van der Waals surface area (Å²) in [7, 11) is 0. The van der Waals surface area contributed by atoms with E-state index >= 15 is 0 Å². The first kappa shape index (κ1) is 16.1. The van der Waals surface area contributed by atoms with E-state index in [-0.39, 0.29) is 5.91 Å². The lowest BCUT2D eigenvalue weighted by Gasteiger charge is -2.36. The lowest BCUT2D eigenvalue weighted by Crippen LogP contribution is -2.42. The predicted octanol–water partition coefficient (Wildman–Crippen LogP) is 2.57. The molecule has 1 heterocycles. The first-order chi connectivity index (χ1) is 11.5. The molecule has 0 bridgehead atoms. The van der Waals surface area contributed by atoms with E-state index in [1.807, 2.05) is 12.1 Å². The van der Waals surface area contributed by atoms with Crippen molar-refractivity contribution in [2.24, 2.45) is 5.73 Å². The molecule has 0 saturated carbocycles. The van der Waals surface area contributed by atoms with Crippen molar-refractivity contribution in [2.75, 3.05) is 16.8 Å². The molecule has 1 atom stereocenters. The number of primary amides is 1. The lowest BCUT2D eigenvalue weighted by atomic mass is 9.96. The van der Waals surface area contributed by atoms with Gasteiger partial charge in [-0.25, -0.2) is 0 Å². The maximum atomic E-state index is 12.4. The Morgan fingerprint density at radius 3 is 2.58 bits per heavy atom. The largest absolute Gasteiger partial charge is 0.366 e. The molecule has 1 aliphatic heterocycles. The van der Waals surface area contributed by atoms with Gasteiger partial charge < -0.3 is 16.0 Å². The van der Waals surface area contributed by atoms with Gasteiger partial charge in [0, 0.05) is 23.0 Å². The summed E-state index contributed by atoms with van der Waals surface area (Å²) in [6.07, 6.45) is 2.08. The number of hydrogen-bond acceptors (Lipinski definition) is 3. The highest BCUT2D eigenvalue weighted by Crippen LogP contribution is 2.30. The van der Waals surface area contributed by atoms with Gasteiger partial charge in [-0.15, -0.1) is 0 Å². The molecule has 0 radical (unpaired) electrons. The highest BCUT2D eigenvalue weighted by atomic mass is 16.2. The molecule has 2 amide bonds. The predicted molar refractivity (Wildman–Crippen MR) is 95.2 cm³/mol. The molecule has 1 unspecified atom stereocenters. The first-order valence-corrected chi connectivity index (χ1v) is 8.09. The van der Waals surface area contributed by atoms with Gasteiger partial charge in [-0.2, -0.15) is 0 Å². The molecule has 0 aromatic heterocycles. The van der Waals surface area contributed by atoms with Crippen molar-refractivity contribution in [3.8, 4) is 0 Å². The molecule has 2 aromatic rings. The standard InChI is InChI=1S/C19H21N3O2/c1-13-6-7-14-4-2-3-5-17(14)22(13)12-18(23)21-16-10-8-15(9-11-16)19(20)24/h2-5,8-11,13H,6-7,12H2,1H3,(H2,20,24)(H,21,23). The maximum absolute atomic E-state index is 12.4. The van der Waals surface area contributed by atoms with Gasteiger partial charge in [0.1, 0.15) is 0 Å². The minimum atomic E-state index is -0.480. The third-order valence-electron chi connectivity index (χ3n) is 4.43. The van der Waals surface area contributed by atoms with Crippen LogP contribution in [0.2, 0.25) is 0 Å². The maximum Gasteiger partial charge on any atom is 0.248 e. The number of benzene rings is 2. The lowest BCUT2D eigenvalue weighted by molar-refractivity contribution is -0.115. The van der Waals surface area contributed by atoms with Crippen LogP contribution in [0.4, 0.5) is 11.4 Å². The van der Waals surface area contributed by atoms with Gasteiger partial charge in [0.25, 0.3) is 0 Å². The van der Waals surface area contributed by atoms with Gasteiger partial charge in [0.15, 0.2) is 0 Å². The average Bonchev–Trinajstić information content (AvgIpc) is 2.58. The number of nitrogens with one attached hydrogen (secondary N) is 1. The molecular formula is C19H21N3O2. The number of amides is 2. The Kier molecular flexibility index (Phi) is 4.51. The van der Waals surface area contributed by atoms with E-state index in [1.54, 1.807) is 24.3 Å². The number of hydrogen-bond donors (Lipinski definition) is 2. The van der Waals surface area contributed by atoms with E-state index in [0.29, 0.717) is 23.8 Å². The van der Waals surface area contributed by atoms with Crippen LogP contribution in [-0.4, -0.2) is 24.4 Å². The second kappa shape index (κ2) is 6.74. The van der Waals surface area contributed by atoms with E-state index in [9.17, 15) is 9.59 Å². The van der Waals surface area contributed by atoms with Crippen molar-refractivity contribution in [3.05, 3.63) is 59.7 Å². The third-order valence-corrected chi connectivity index (χ3v) is 4.43. The number of carbonyl (C=O) groups excluding carboxylic acids is 2. The molecule has 124 valence electrons. The van der Waals surface area contributed by atoms with Crippen molar-refractivity contribution >= 4 is 23.2 Å². The van der Waals surface area contributed by atoms with E-state index in [0.717, 1.165) is 18.5 Å². The van der Waals surface area contributed by atoms with Gasteiger partial charge in [-0.1, -0.05) is 18.2 Å². The fraction of sp³-hybridized carbons (Fsp3) is 0.263. The van der Waals surface area contributed by atoms with E-state index in [4.69, 9.17) is 5.73 Å². The van der Waals surface area contributed by atoms with Crippen molar-refractivity contribution in [1.29, 1.82) is 0 Å². The second-order valence-corrected chi connectivity index (χ2v) is 6.13. The minimum absolute atomic E-state index is 0.0784. The molecule has 0 spiro atoms. The van der Waals surface area contributed by atoms with Crippen LogP contribution in [0.5, 0.6) is 0 Å². The fourth-order valence-electron chi connectivity index (χ4n) is 3.07. The van der Waals surface area contributed by atoms with Crippen molar-refractivity contribution in [3.63, 3.8) is 0 Å². The summed E-state index contributed by atoms with van der Waals surface area (Å²) < 4.78 is 0. The van der Waals surface area contributed by atoms with Gasteiger partial charge in [-0.3, -0.25) is 9.59 Å². The summed E-state index contributed by atoms with van der Waals surface area (Å²) in [5, 5.41) is 2.87. The number of aryl methyl sites for hydroxylation is 1. The first-order valence-electron chi connectivity index (χ1n) is 8.09. The van der Waals surface area contributed by atoms with Crippen LogP contribution in [0.3, 0.4) is 0 Å². The van der Waals surface area contributed by atoms with Gasteiger partial charge >= 0.3 is 0 Å². The number of anilines is 2. The Balaban J connectivity index is 1.69. The van der Waals surface area contributed by atoms with Crippen molar-refractivity contribution in [2.45, 2.75) is 25.8 Å². The Morgan fingerprint density at radius 1 is 1.17 bits per heavy atom. The molecule has 5 nitrogen and oxygen atoms in total. The topological polar surface area (TPSA) is 75.4 Å². The monoisotopic (exact) mass is 323 g/mol. The zero-order chi connectivity index (χ0) is 17.1. The summed E-state index contributed by atoms with van der Waals surface area (Å²) in [6, 6.07) is 15.1. The molecule has 0 saturated heterocycles. The number of para-hydroxylation sites is 1. The zero-order valence-electron chi connectivity index (χ0n) is 13.7. The van der Waals surface area contributed by atoms with Crippen LogP contribution in [-0.2, 0) is 11.2 Å². The molecule has 0 aliphatic carbocycles. The number of nitrogens with two attached hydrogens (primary N) is 1. The molecule has 3 N–H and O–H groups in total. The quantitative estimate of drug-likeness (QED) is 0.908. The molecule has 24 heavy (non-hydrogen) atoms. The summed E-state index contributed by atoms with van der Waals surface area (Å²) in [6.45, 7) is 2.45. The smallest absolute Gasteiger partial charge is 0.248 e. The summed E-state index contributed by atoms with van der Waals surface area (Å²) in [5.41, 5.74) is 8.72. The van der Waals surface area contributed by atoms with Gasteiger partial charge in [0.2, 0.25) is 11.8 Å². The van der Waals surface area contributed by atoms with Crippen LogP contribution in [0.25, 0.3) is 0 Å². The highest BCUT2D eigenvalue weighted by Gasteiger charge is 2.24. The zero-order valence-corrected chi connectivity index (χ0v) is 13.7. The second-order valence-electron chi connectivity index (χ2n) is 6.13. The normalized spacial score (nSPS) is 16.4. The number of nitrogens with zero attached hydrogens (tertiary/aromatic N) is 1. The Labute approximate surface area is 141 Å². The van der Waals surface area contributed by atoms with Crippen LogP contribution < -0.4 is 16.0 Å². The summed E-state index contributed by atoms with van der Waals surface area (Å²) in [5.74, 6) is -0.558. The Bertz CT molecular complexity index is 755. The molecule has 3 rings (SSSR count). The van der Waals surface area contributed by atoms with Crippen LogP contribution in [0, 0.1) is 0 Å². The minimum Gasteiger partial charge on any atom is -0.366 e. The number of fused-ring (bicyclic) bond motifs is 1. The SMILES string of the molecule is CC1CCc2ccccc2N1CC(=O)Nc1ccc(C(N)=O)cc1. The van der Waals surface area contributed by atoms with E-state index in [2.05, 4.69) is 29.3 Å².